The van der Waals surface area contributed by atoms with Gasteiger partial charge in [-0.3, -0.25) is 14.4 Å². The van der Waals surface area contributed by atoms with Crippen molar-refractivity contribution >= 4 is 23.7 Å². The van der Waals surface area contributed by atoms with Crippen LogP contribution in [0.3, 0.4) is 0 Å². The van der Waals surface area contributed by atoms with Gasteiger partial charge in [0.15, 0.2) is 0 Å². The largest absolute Gasteiger partial charge is 0.480 e. The normalized spacial score (nSPS) is 24.0. The van der Waals surface area contributed by atoms with Gasteiger partial charge < -0.3 is 26.0 Å². The van der Waals surface area contributed by atoms with Crippen molar-refractivity contribution in [3.8, 4) is 0 Å². The number of carbonyl (C=O) groups excluding carboxylic acids is 3. The summed E-state index contributed by atoms with van der Waals surface area (Å²) in [6, 6.07) is -2.72. The summed E-state index contributed by atoms with van der Waals surface area (Å²) in [5.74, 6) is -1.97. The average molecular weight is 439 g/mol. The van der Waals surface area contributed by atoms with E-state index in [0.717, 1.165) is 19.4 Å². The third-order valence-corrected chi connectivity index (χ3v) is 6.31. The molecule has 2 saturated heterocycles. The Bertz CT molecular complexity index is 662. The summed E-state index contributed by atoms with van der Waals surface area (Å²) in [6.07, 6.45) is 3.80. The predicted octanol–water partition coefficient (Wildman–Crippen LogP) is 0.876. The molecule has 9 nitrogen and oxygen atoms in total. The molecule has 2 rings (SSSR count). The molecule has 2 aliphatic heterocycles. The lowest BCUT2D eigenvalue weighted by Crippen LogP contribution is -2.58. The van der Waals surface area contributed by atoms with Crippen LogP contribution in [0, 0.1) is 11.8 Å². The lowest BCUT2D eigenvalue weighted by Gasteiger charge is -2.31. The van der Waals surface area contributed by atoms with Gasteiger partial charge >= 0.3 is 5.97 Å². The summed E-state index contributed by atoms with van der Waals surface area (Å²) >= 11 is 0. The van der Waals surface area contributed by atoms with E-state index in [0.29, 0.717) is 32.2 Å². The van der Waals surface area contributed by atoms with Crippen molar-refractivity contribution in [2.45, 2.75) is 90.4 Å². The first-order valence-corrected chi connectivity index (χ1v) is 11.5. The zero-order chi connectivity index (χ0) is 23.1. The zero-order valence-electron chi connectivity index (χ0n) is 19.1. The minimum absolute atomic E-state index is 0.112. The lowest BCUT2D eigenvalue weighted by atomic mass is 9.96. The third kappa shape index (κ3) is 6.66. The summed E-state index contributed by atoms with van der Waals surface area (Å²) in [4.78, 5) is 51.9. The molecule has 2 aliphatic rings. The molecule has 0 aliphatic carbocycles. The number of hydrogen-bond acceptors (Lipinski definition) is 5. The van der Waals surface area contributed by atoms with Crippen LogP contribution in [0.1, 0.15) is 66.2 Å². The topological polar surface area (TPSA) is 128 Å². The van der Waals surface area contributed by atoms with Crippen molar-refractivity contribution in [2.24, 2.45) is 11.8 Å². The fourth-order valence-corrected chi connectivity index (χ4v) is 4.31. The Hall–Kier alpha value is -2.16. The van der Waals surface area contributed by atoms with Crippen LogP contribution in [0.15, 0.2) is 0 Å². The Labute approximate surface area is 184 Å². The van der Waals surface area contributed by atoms with Crippen molar-refractivity contribution < 1.29 is 24.3 Å². The Kier molecular flexibility index (Phi) is 9.28. The van der Waals surface area contributed by atoms with E-state index in [2.05, 4.69) is 16.0 Å². The van der Waals surface area contributed by atoms with E-state index in [1.807, 2.05) is 27.7 Å². The molecule has 9 heteroatoms. The summed E-state index contributed by atoms with van der Waals surface area (Å²) in [5.41, 5.74) is 0. The second-order valence-corrected chi connectivity index (χ2v) is 9.24. The fourth-order valence-electron chi connectivity index (χ4n) is 4.31. The van der Waals surface area contributed by atoms with Gasteiger partial charge in [-0.15, -0.1) is 0 Å². The van der Waals surface area contributed by atoms with E-state index < -0.39 is 30.0 Å². The maximum absolute atomic E-state index is 13.2. The van der Waals surface area contributed by atoms with E-state index in [4.69, 9.17) is 0 Å². The fraction of sp³-hybridized carbons (Fsp3) is 0.818. The summed E-state index contributed by atoms with van der Waals surface area (Å²) < 4.78 is 0. The van der Waals surface area contributed by atoms with Crippen LogP contribution in [-0.2, 0) is 19.2 Å². The van der Waals surface area contributed by atoms with E-state index in [1.165, 1.54) is 4.90 Å². The number of nitrogens with one attached hydrogen (secondary N) is 3. The van der Waals surface area contributed by atoms with E-state index in [9.17, 15) is 24.3 Å². The standard InChI is InChI=1S/C22H38N4O5/c1-5-14(4)18(25-19(27)15-8-6-10-23-15)20(28)24-16(12-13(2)3)21(29)26-11-7-9-17(26)22(30)31/h13-18,23H,5-12H2,1-4H3,(H,24,28)(H,25,27)(H,30,31). The predicted molar refractivity (Wildman–Crippen MR) is 116 cm³/mol. The maximum atomic E-state index is 13.2. The number of hydrogen-bond donors (Lipinski definition) is 4. The van der Waals surface area contributed by atoms with Gasteiger partial charge in [0, 0.05) is 6.54 Å². The molecule has 5 atom stereocenters. The molecule has 0 bridgehead atoms. The van der Waals surface area contributed by atoms with Crippen LogP contribution in [0.4, 0.5) is 0 Å². The molecule has 0 aromatic heterocycles. The van der Waals surface area contributed by atoms with E-state index in [1.54, 1.807) is 0 Å². The molecule has 3 amide bonds. The highest BCUT2D eigenvalue weighted by Gasteiger charge is 2.39. The molecule has 0 aromatic rings. The molecular weight excluding hydrogens is 400 g/mol. The van der Waals surface area contributed by atoms with Crippen LogP contribution in [-0.4, -0.2) is 71.0 Å². The van der Waals surface area contributed by atoms with Gasteiger partial charge in [0.05, 0.1) is 6.04 Å². The van der Waals surface area contributed by atoms with Crippen molar-refractivity contribution in [1.82, 2.24) is 20.9 Å². The lowest BCUT2D eigenvalue weighted by molar-refractivity contribution is -0.149. The first-order chi connectivity index (χ1) is 14.6. The number of carboxylic acids is 1. The maximum Gasteiger partial charge on any atom is 0.326 e. The van der Waals surface area contributed by atoms with Crippen LogP contribution in [0.2, 0.25) is 0 Å². The minimum Gasteiger partial charge on any atom is -0.480 e. The monoisotopic (exact) mass is 438 g/mol. The summed E-state index contributed by atoms with van der Waals surface area (Å²) in [6.45, 7) is 8.90. The molecular formula is C22H38N4O5. The Morgan fingerprint density at radius 2 is 1.81 bits per heavy atom. The van der Waals surface area contributed by atoms with E-state index in [-0.39, 0.29) is 29.7 Å². The first kappa shape index (κ1) is 25.1. The summed E-state index contributed by atoms with van der Waals surface area (Å²) in [5, 5.41) is 18.3. The van der Waals surface area contributed by atoms with Gasteiger partial charge in [-0.1, -0.05) is 34.1 Å². The second kappa shape index (κ2) is 11.5. The van der Waals surface area contributed by atoms with Crippen LogP contribution in [0.25, 0.3) is 0 Å². The number of amides is 3. The van der Waals surface area contributed by atoms with E-state index >= 15 is 0 Å². The Morgan fingerprint density at radius 1 is 1.10 bits per heavy atom. The highest BCUT2D eigenvalue weighted by atomic mass is 16.4. The van der Waals surface area contributed by atoms with Crippen LogP contribution < -0.4 is 16.0 Å². The van der Waals surface area contributed by atoms with Crippen molar-refractivity contribution in [2.75, 3.05) is 13.1 Å². The SMILES string of the molecule is CCC(C)C(NC(=O)C1CCCN1)C(=O)NC(CC(C)C)C(=O)N1CCCC1C(=O)O. The minimum atomic E-state index is -1.02. The highest BCUT2D eigenvalue weighted by Crippen LogP contribution is 2.21. The molecule has 2 heterocycles. The van der Waals surface area contributed by atoms with Crippen molar-refractivity contribution in [3.63, 3.8) is 0 Å². The number of likely N-dealkylation sites (tertiary alicyclic amines) is 1. The third-order valence-electron chi connectivity index (χ3n) is 6.31. The Morgan fingerprint density at radius 3 is 2.35 bits per heavy atom. The molecule has 0 spiro atoms. The van der Waals surface area contributed by atoms with Gasteiger partial charge in [0.1, 0.15) is 18.1 Å². The van der Waals surface area contributed by atoms with Gasteiger partial charge in [-0.05, 0) is 50.5 Å². The molecule has 0 saturated carbocycles. The highest BCUT2D eigenvalue weighted by molar-refractivity contribution is 5.94. The van der Waals surface area contributed by atoms with Crippen LogP contribution >= 0.6 is 0 Å². The number of nitrogens with zero attached hydrogens (tertiary/aromatic N) is 1. The van der Waals surface area contributed by atoms with Gasteiger partial charge in [0.2, 0.25) is 17.7 Å². The first-order valence-electron chi connectivity index (χ1n) is 11.5. The zero-order valence-corrected chi connectivity index (χ0v) is 19.1. The smallest absolute Gasteiger partial charge is 0.326 e. The van der Waals surface area contributed by atoms with Crippen LogP contribution in [0.5, 0.6) is 0 Å². The molecule has 4 N–H and O–H groups in total. The van der Waals surface area contributed by atoms with Gasteiger partial charge in [0.25, 0.3) is 0 Å². The van der Waals surface area contributed by atoms with Crippen molar-refractivity contribution in [1.29, 1.82) is 0 Å². The second-order valence-electron chi connectivity index (χ2n) is 9.24. The number of carbonyl (C=O) groups is 4. The summed E-state index contributed by atoms with van der Waals surface area (Å²) in [7, 11) is 0. The number of aliphatic carboxylic acids is 1. The molecule has 5 unspecified atom stereocenters. The number of carboxylic acid groups (broad SMARTS) is 1. The number of rotatable bonds is 10. The van der Waals surface area contributed by atoms with Gasteiger partial charge in [-0.2, -0.15) is 0 Å². The quantitative estimate of drug-likeness (QED) is 0.401. The molecule has 0 radical (unpaired) electrons. The van der Waals surface area contributed by atoms with Gasteiger partial charge in [-0.25, -0.2) is 4.79 Å². The molecule has 2 fully saturated rings. The average Bonchev–Trinajstić information content (AvgIpc) is 3.41. The van der Waals surface area contributed by atoms with Crippen molar-refractivity contribution in [3.05, 3.63) is 0 Å². The molecule has 31 heavy (non-hydrogen) atoms. The Balaban J connectivity index is 2.14. The molecule has 176 valence electrons. The molecule has 0 aromatic carbocycles.